The standard InChI is InChI=1S/C8H19NSi/c1-7(2)8(3)10-6-9(4)5/h6,10H2,1-5H3. The molecule has 0 saturated heterocycles. The molecule has 0 spiro atoms. The van der Waals surface area contributed by atoms with Gasteiger partial charge in [0.15, 0.2) is 0 Å². The molecule has 0 bridgehead atoms. The van der Waals surface area contributed by atoms with Crippen molar-refractivity contribution in [2.24, 2.45) is 0 Å². The summed E-state index contributed by atoms with van der Waals surface area (Å²) in [5, 5.41) is 1.66. The Bertz CT molecular complexity index is 123. The van der Waals surface area contributed by atoms with Crippen LogP contribution in [0.5, 0.6) is 0 Å². The van der Waals surface area contributed by atoms with Crippen LogP contribution in [0.2, 0.25) is 0 Å². The molecule has 0 unspecified atom stereocenters. The molecule has 2 heteroatoms. The zero-order valence-corrected chi connectivity index (χ0v) is 9.28. The molecule has 0 atom stereocenters. The minimum Gasteiger partial charge on any atom is -0.312 e. The van der Waals surface area contributed by atoms with Gasteiger partial charge in [0.05, 0.1) is 9.52 Å². The normalized spacial score (nSPS) is 11.4. The Balaban J connectivity index is 3.60. The number of hydrogen-bond acceptors (Lipinski definition) is 1. The predicted octanol–water partition coefficient (Wildman–Crippen LogP) is 0.988. The Morgan fingerprint density at radius 3 is 2.00 bits per heavy atom. The summed E-state index contributed by atoms with van der Waals surface area (Å²) >= 11 is 0. The molecule has 0 amide bonds. The second-order valence-corrected chi connectivity index (χ2v) is 5.34. The van der Waals surface area contributed by atoms with E-state index in [9.17, 15) is 0 Å². The highest BCUT2D eigenvalue weighted by molar-refractivity contribution is 6.45. The van der Waals surface area contributed by atoms with Crippen molar-refractivity contribution >= 4 is 9.52 Å². The van der Waals surface area contributed by atoms with Crippen molar-refractivity contribution in [3.8, 4) is 0 Å². The Morgan fingerprint density at radius 2 is 1.70 bits per heavy atom. The van der Waals surface area contributed by atoms with E-state index in [-0.39, 0.29) is 9.52 Å². The van der Waals surface area contributed by atoms with Crippen LogP contribution in [0, 0.1) is 0 Å². The molecule has 0 fully saturated rings. The second-order valence-electron chi connectivity index (χ2n) is 3.33. The first-order valence-corrected chi connectivity index (χ1v) is 5.52. The van der Waals surface area contributed by atoms with Gasteiger partial charge in [0.1, 0.15) is 0 Å². The van der Waals surface area contributed by atoms with Crippen LogP contribution >= 0.6 is 0 Å². The summed E-state index contributed by atoms with van der Waals surface area (Å²) < 4.78 is 0. The van der Waals surface area contributed by atoms with Gasteiger partial charge in [-0.05, 0) is 41.0 Å². The molecule has 0 aromatic heterocycles. The van der Waals surface area contributed by atoms with Crippen molar-refractivity contribution < 1.29 is 0 Å². The van der Waals surface area contributed by atoms with Gasteiger partial charge in [0.25, 0.3) is 0 Å². The zero-order valence-electron chi connectivity index (χ0n) is 7.86. The lowest BCUT2D eigenvalue weighted by molar-refractivity contribution is 0.478. The van der Waals surface area contributed by atoms with E-state index in [1.165, 1.54) is 11.7 Å². The van der Waals surface area contributed by atoms with Crippen LogP contribution in [0.15, 0.2) is 10.8 Å². The first kappa shape index (κ1) is 9.92. The van der Waals surface area contributed by atoms with E-state index in [4.69, 9.17) is 0 Å². The predicted molar refractivity (Wildman–Crippen MR) is 51.1 cm³/mol. The fourth-order valence-electron chi connectivity index (χ4n) is 0.641. The third-order valence-electron chi connectivity index (χ3n) is 1.79. The number of nitrogens with zero attached hydrogens (tertiary/aromatic N) is 1. The lowest BCUT2D eigenvalue weighted by atomic mass is 10.3. The number of allylic oxidation sites excluding steroid dienone is 2. The summed E-state index contributed by atoms with van der Waals surface area (Å²) in [4.78, 5) is 2.28. The van der Waals surface area contributed by atoms with E-state index in [1.807, 2.05) is 0 Å². The Labute approximate surface area is 66.9 Å². The lowest BCUT2D eigenvalue weighted by Crippen LogP contribution is -2.19. The molecule has 0 saturated carbocycles. The van der Waals surface area contributed by atoms with Gasteiger partial charge >= 0.3 is 0 Å². The summed E-state index contributed by atoms with van der Waals surface area (Å²) in [5.41, 5.74) is 1.52. The maximum Gasteiger partial charge on any atom is 0.0648 e. The van der Waals surface area contributed by atoms with Crippen molar-refractivity contribution in [2.75, 3.05) is 20.3 Å². The zero-order chi connectivity index (χ0) is 8.15. The monoisotopic (exact) mass is 157 g/mol. The fraction of sp³-hybridized carbons (Fsp3) is 0.750. The molecule has 60 valence electrons. The molecule has 1 nitrogen and oxygen atoms in total. The first-order valence-electron chi connectivity index (χ1n) is 3.81. The van der Waals surface area contributed by atoms with Gasteiger partial charge < -0.3 is 4.90 Å². The maximum absolute atomic E-state index is 2.28. The highest BCUT2D eigenvalue weighted by Crippen LogP contribution is 1.98. The van der Waals surface area contributed by atoms with Crippen LogP contribution in [-0.2, 0) is 0 Å². The van der Waals surface area contributed by atoms with Crippen molar-refractivity contribution in [1.82, 2.24) is 4.90 Å². The summed E-state index contributed by atoms with van der Waals surface area (Å²) in [6.45, 7) is 6.68. The van der Waals surface area contributed by atoms with Gasteiger partial charge in [-0.15, -0.1) is 0 Å². The van der Waals surface area contributed by atoms with E-state index in [0.717, 1.165) is 0 Å². The van der Waals surface area contributed by atoms with Crippen LogP contribution in [-0.4, -0.2) is 34.7 Å². The molecule has 0 aliphatic heterocycles. The van der Waals surface area contributed by atoms with Gasteiger partial charge in [-0.1, -0.05) is 10.8 Å². The van der Waals surface area contributed by atoms with Crippen molar-refractivity contribution in [3.63, 3.8) is 0 Å². The minimum absolute atomic E-state index is 0.0463. The highest BCUT2D eigenvalue weighted by atomic mass is 28.2. The highest BCUT2D eigenvalue weighted by Gasteiger charge is 1.94. The van der Waals surface area contributed by atoms with Crippen LogP contribution in [0.3, 0.4) is 0 Å². The van der Waals surface area contributed by atoms with Crippen molar-refractivity contribution in [1.29, 1.82) is 0 Å². The van der Waals surface area contributed by atoms with Gasteiger partial charge in [-0.2, -0.15) is 0 Å². The molecule has 0 aromatic carbocycles. The SMILES string of the molecule is CC(C)=C(C)[SiH2]CN(C)C. The lowest BCUT2D eigenvalue weighted by Gasteiger charge is -2.09. The topological polar surface area (TPSA) is 3.24 Å². The molecule has 10 heavy (non-hydrogen) atoms. The van der Waals surface area contributed by atoms with Crippen molar-refractivity contribution in [3.05, 3.63) is 10.8 Å². The largest absolute Gasteiger partial charge is 0.312 e. The van der Waals surface area contributed by atoms with E-state index >= 15 is 0 Å². The summed E-state index contributed by atoms with van der Waals surface area (Å²) in [6, 6.07) is 0. The third-order valence-corrected chi connectivity index (χ3v) is 4.36. The van der Waals surface area contributed by atoms with E-state index in [1.54, 1.807) is 5.20 Å². The van der Waals surface area contributed by atoms with Gasteiger partial charge in [0, 0.05) is 0 Å². The second kappa shape index (κ2) is 4.69. The molecule has 0 aliphatic carbocycles. The molecule has 0 heterocycles. The smallest absolute Gasteiger partial charge is 0.0648 e. The first-order chi connectivity index (χ1) is 4.54. The molecular formula is C8H19NSi. The summed E-state index contributed by atoms with van der Waals surface area (Å²) in [7, 11) is 4.33. The maximum atomic E-state index is 2.28. The van der Waals surface area contributed by atoms with Gasteiger partial charge in [-0.25, -0.2) is 0 Å². The number of rotatable bonds is 3. The summed E-state index contributed by atoms with van der Waals surface area (Å²) in [5.74, 6) is 0. The molecule has 0 rings (SSSR count). The summed E-state index contributed by atoms with van der Waals surface area (Å²) in [6.07, 6.45) is 1.30. The van der Waals surface area contributed by atoms with E-state index in [2.05, 4.69) is 39.8 Å². The molecule has 0 N–H and O–H groups in total. The quantitative estimate of drug-likeness (QED) is 0.552. The average Bonchev–Trinajstić information content (AvgIpc) is 1.82. The van der Waals surface area contributed by atoms with Gasteiger partial charge in [0.2, 0.25) is 0 Å². The molecule has 0 radical (unpaired) electrons. The Kier molecular flexibility index (Phi) is 4.65. The van der Waals surface area contributed by atoms with E-state index in [0.29, 0.717) is 0 Å². The van der Waals surface area contributed by atoms with Crippen LogP contribution < -0.4 is 0 Å². The van der Waals surface area contributed by atoms with E-state index < -0.39 is 0 Å². The molecule has 0 aromatic rings. The molecule has 0 aliphatic rings. The van der Waals surface area contributed by atoms with Gasteiger partial charge in [-0.3, -0.25) is 0 Å². The van der Waals surface area contributed by atoms with Crippen LogP contribution in [0.1, 0.15) is 20.8 Å². The third kappa shape index (κ3) is 4.76. The molecular weight excluding hydrogens is 138 g/mol. The Morgan fingerprint density at radius 1 is 1.20 bits per heavy atom. The Hall–Kier alpha value is -0.0831. The van der Waals surface area contributed by atoms with Crippen LogP contribution in [0.4, 0.5) is 0 Å². The average molecular weight is 157 g/mol. The van der Waals surface area contributed by atoms with Crippen molar-refractivity contribution in [2.45, 2.75) is 20.8 Å². The fourth-order valence-corrected chi connectivity index (χ4v) is 1.92. The number of hydrogen-bond donors (Lipinski definition) is 0. The minimum atomic E-state index is 0.0463. The van der Waals surface area contributed by atoms with Crippen LogP contribution in [0.25, 0.3) is 0 Å².